The van der Waals surface area contributed by atoms with Gasteiger partial charge in [-0.1, -0.05) is 0 Å². The first-order valence-corrected chi connectivity index (χ1v) is 3.55. The molecule has 0 fully saturated rings. The van der Waals surface area contributed by atoms with E-state index in [1.807, 2.05) is 18.4 Å². The lowest BCUT2D eigenvalue weighted by Gasteiger charge is -2.00. The predicted octanol–water partition coefficient (Wildman–Crippen LogP) is 1.51. The molecule has 0 bridgehead atoms. The van der Waals surface area contributed by atoms with E-state index in [0.29, 0.717) is 5.56 Å². The van der Waals surface area contributed by atoms with Gasteiger partial charge in [-0.05, 0) is 19.9 Å². The molecule has 3 heteroatoms. The van der Waals surface area contributed by atoms with E-state index in [4.69, 9.17) is 5.11 Å². The van der Waals surface area contributed by atoms with Gasteiger partial charge in [0.25, 0.3) is 0 Å². The summed E-state index contributed by atoms with van der Waals surface area (Å²) in [5, 5.41) is 8.66. The Balaban J connectivity index is 3.10. The average molecular weight is 153 g/mol. The molecule has 0 aromatic carbocycles. The highest BCUT2D eigenvalue weighted by atomic mass is 16.4. The summed E-state index contributed by atoms with van der Waals surface area (Å²) in [6, 6.07) is 1.63. The van der Waals surface area contributed by atoms with Crippen molar-refractivity contribution in [1.82, 2.24) is 4.57 Å². The SMILES string of the molecule is CCn1ccc(C(=O)O)c1C. The first-order valence-electron chi connectivity index (χ1n) is 3.55. The van der Waals surface area contributed by atoms with Gasteiger partial charge >= 0.3 is 5.97 Å². The lowest BCUT2D eigenvalue weighted by atomic mass is 10.2. The Hall–Kier alpha value is -1.25. The number of carboxylic acids is 1. The van der Waals surface area contributed by atoms with Crippen LogP contribution in [0.4, 0.5) is 0 Å². The predicted molar refractivity (Wildman–Crippen MR) is 41.8 cm³/mol. The van der Waals surface area contributed by atoms with Crippen LogP contribution >= 0.6 is 0 Å². The van der Waals surface area contributed by atoms with E-state index in [1.54, 1.807) is 12.3 Å². The second kappa shape index (κ2) is 2.78. The van der Waals surface area contributed by atoms with Crippen molar-refractivity contribution in [2.24, 2.45) is 0 Å². The molecule has 0 amide bonds. The van der Waals surface area contributed by atoms with E-state index in [2.05, 4.69) is 0 Å². The van der Waals surface area contributed by atoms with Crippen LogP contribution in [0.15, 0.2) is 12.3 Å². The van der Waals surface area contributed by atoms with Crippen molar-refractivity contribution < 1.29 is 9.90 Å². The lowest BCUT2D eigenvalue weighted by Crippen LogP contribution is -2.00. The molecule has 1 heterocycles. The molecule has 1 aromatic heterocycles. The number of nitrogens with zero attached hydrogens (tertiary/aromatic N) is 1. The van der Waals surface area contributed by atoms with Crippen molar-refractivity contribution in [2.75, 3.05) is 0 Å². The first-order chi connectivity index (χ1) is 5.16. The lowest BCUT2D eigenvalue weighted by molar-refractivity contribution is 0.0696. The largest absolute Gasteiger partial charge is 0.478 e. The highest BCUT2D eigenvalue weighted by Crippen LogP contribution is 2.08. The molecule has 0 aliphatic rings. The summed E-state index contributed by atoms with van der Waals surface area (Å²) in [6.45, 7) is 4.62. The summed E-state index contributed by atoms with van der Waals surface area (Å²) in [4.78, 5) is 10.5. The fourth-order valence-corrected chi connectivity index (χ4v) is 1.12. The Morgan fingerprint density at radius 2 is 2.36 bits per heavy atom. The monoisotopic (exact) mass is 153 g/mol. The van der Waals surface area contributed by atoms with E-state index in [9.17, 15) is 4.79 Å². The van der Waals surface area contributed by atoms with Gasteiger partial charge in [-0.15, -0.1) is 0 Å². The second-order valence-electron chi connectivity index (χ2n) is 2.41. The summed E-state index contributed by atoms with van der Waals surface area (Å²) >= 11 is 0. The van der Waals surface area contributed by atoms with Crippen LogP contribution < -0.4 is 0 Å². The van der Waals surface area contributed by atoms with Crippen LogP contribution in [-0.2, 0) is 6.54 Å². The minimum atomic E-state index is -0.852. The highest BCUT2D eigenvalue weighted by molar-refractivity contribution is 5.88. The van der Waals surface area contributed by atoms with E-state index in [0.717, 1.165) is 12.2 Å². The molecule has 0 unspecified atom stereocenters. The maximum Gasteiger partial charge on any atom is 0.337 e. The number of hydrogen-bond donors (Lipinski definition) is 1. The van der Waals surface area contributed by atoms with Gasteiger partial charge in [-0.2, -0.15) is 0 Å². The number of carbonyl (C=O) groups is 1. The Labute approximate surface area is 65.3 Å². The summed E-state index contributed by atoms with van der Waals surface area (Å²) in [6.07, 6.45) is 1.79. The molecule has 1 N–H and O–H groups in total. The molecule has 0 aliphatic heterocycles. The average Bonchev–Trinajstić information content (AvgIpc) is 2.30. The zero-order chi connectivity index (χ0) is 8.43. The molecule has 0 saturated heterocycles. The highest BCUT2D eigenvalue weighted by Gasteiger charge is 2.09. The van der Waals surface area contributed by atoms with Crippen molar-refractivity contribution in [3.8, 4) is 0 Å². The maximum absolute atomic E-state index is 10.5. The van der Waals surface area contributed by atoms with Gasteiger partial charge in [0.1, 0.15) is 0 Å². The van der Waals surface area contributed by atoms with Gasteiger partial charge < -0.3 is 9.67 Å². The van der Waals surface area contributed by atoms with E-state index >= 15 is 0 Å². The number of aromatic nitrogens is 1. The van der Waals surface area contributed by atoms with Crippen molar-refractivity contribution in [3.05, 3.63) is 23.5 Å². The molecule has 1 aromatic rings. The summed E-state index contributed by atoms with van der Waals surface area (Å²) < 4.78 is 1.91. The van der Waals surface area contributed by atoms with Crippen molar-refractivity contribution in [2.45, 2.75) is 20.4 Å². The third-order valence-corrected chi connectivity index (χ3v) is 1.81. The van der Waals surface area contributed by atoms with Crippen LogP contribution in [0.25, 0.3) is 0 Å². The number of rotatable bonds is 2. The van der Waals surface area contributed by atoms with Crippen LogP contribution in [0.5, 0.6) is 0 Å². The van der Waals surface area contributed by atoms with Crippen molar-refractivity contribution >= 4 is 5.97 Å². The van der Waals surface area contributed by atoms with Crippen LogP contribution in [0.3, 0.4) is 0 Å². The van der Waals surface area contributed by atoms with Gasteiger partial charge in [-0.25, -0.2) is 4.79 Å². The van der Waals surface area contributed by atoms with Gasteiger partial charge in [0.15, 0.2) is 0 Å². The minimum Gasteiger partial charge on any atom is -0.478 e. The number of aromatic carboxylic acids is 1. The van der Waals surface area contributed by atoms with Crippen LogP contribution in [0, 0.1) is 6.92 Å². The quantitative estimate of drug-likeness (QED) is 0.699. The topological polar surface area (TPSA) is 42.2 Å². The molecule has 0 atom stereocenters. The minimum absolute atomic E-state index is 0.395. The Bertz CT molecular complexity index is 276. The van der Waals surface area contributed by atoms with Crippen molar-refractivity contribution in [1.29, 1.82) is 0 Å². The number of aryl methyl sites for hydroxylation is 1. The molecule has 11 heavy (non-hydrogen) atoms. The Morgan fingerprint density at radius 3 is 2.64 bits per heavy atom. The molecule has 0 saturated carbocycles. The third kappa shape index (κ3) is 1.27. The summed E-state index contributed by atoms with van der Waals surface area (Å²) in [5.74, 6) is -0.852. The van der Waals surface area contributed by atoms with Crippen LogP contribution in [0.1, 0.15) is 23.0 Å². The molecule has 1 rings (SSSR count). The van der Waals surface area contributed by atoms with Gasteiger partial charge in [0.2, 0.25) is 0 Å². The number of hydrogen-bond acceptors (Lipinski definition) is 1. The molecule has 60 valence electrons. The second-order valence-corrected chi connectivity index (χ2v) is 2.41. The standard InChI is InChI=1S/C8H11NO2/c1-3-9-5-4-7(6(9)2)8(10)11/h4-5H,3H2,1-2H3,(H,10,11). The van der Waals surface area contributed by atoms with Crippen LogP contribution in [0.2, 0.25) is 0 Å². The van der Waals surface area contributed by atoms with Crippen molar-refractivity contribution in [3.63, 3.8) is 0 Å². The van der Waals surface area contributed by atoms with Gasteiger partial charge in [0.05, 0.1) is 5.56 Å². The molecule has 0 aliphatic carbocycles. The first kappa shape index (κ1) is 7.85. The smallest absolute Gasteiger partial charge is 0.337 e. The molecular formula is C8H11NO2. The molecule has 0 spiro atoms. The van der Waals surface area contributed by atoms with Crippen LogP contribution in [-0.4, -0.2) is 15.6 Å². The third-order valence-electron chi connectivity index (χ3n) is 1.81. The van der Waals surface area contributed by atoms with E-state index in [1.165, 1.54) is 0 Å². The summed E-state index contributed by atoms with van der Waals surface area (Å²) in [5.41, 5.74) is 1.21. The van der Waals surface area contributed by atoms with Gasteiger partial charge in [0, 0.05) is 18.4 Å². The van der Waals surface area contributed by atoms with E-state index in [-0.39, 0.29) is 0 Å². The molecule has 0 radical (unpaired) electrons. The maximum atomic E-state index is 10.5. The normalized spacial score (nSPS) is 10.0. The van der Waals surface area contributed by atoms with E-state index < -0.39 is 5.97 Å². The summed E-state index contributed by atoms with van der Waals surface area (Å²) in [7, 11) is 0. The Morgan fingerprint density at radius 1 is 1.73 bits per heavy atom. The zero-order valence-corrected chi connectivity index (χ0v) is 6.66. The fraction of sp³-hybridized carbons (Fsp3) is 0.375. The Kier molecular flexibility index (Phi) is 1.98. The molecular weight excluding hydrogens is 142 g/mol. The molecule has 3 nitrogen and oxygen atoms in total. The fourth-order valence-electron chi connectivity index (χ4n) is 1.12. The van der Waals surface area contributed by atoms with Gasteiger partial charge in [-0.3, -0.25) is 0 Å². The number of carboxylic acid groups (broad SMARTS) is 1. The zero-order valence-electron chi connectivity index (χ0n) is 6.66.